The van der Waals surface area contributed by atoms with Gasteiger partial charge in [0, 0.05) is 13.2 Å². The zero-order valence-electron chi connectivity index (χ0n) is 10.9. The number of fused-ring (bicyclic) bond motifs is 1. The predicted molar refractivity (Wildman–Crippen MR) is 69.5 cm³/mol. The molecule has 0 atom stereocenters. The van der Waals surface area contributed by atoms with E-state index in [-0.39, 0.29) is 0 Å². The lowest BCUT2D eigenvalue weighted by Crippen LogP contribution is -2.29. The SMILES string of the molecule is COCc1nc(CNC2Cc3ccccc3C2)no1. The highest BCUT2D eigenvalue weighted by molar-refractivity contribution is 5.33. The molecule has 1 aliphatic rings. The van der Waals surface area contributed by atoms with Crippen LogP contribution in [-0.2, 0) is 30.7 Å². The Labute approximate surface area is 112 Å². The van der Waals surface area contributed by atoms with E-state index in [1.54, 1.807) is 7.11 Å². The molecule has 0 amide bonds. The third kappa shape index (κ3) is 2.83. The van der Waals surface area contributed by atoms with Crippen molar-refractivity contribution in [2.24, 2.45) is 0 Å². The average molecular weight is 259 g/mol. The van der Waals surface area contributed by atoms with Gasteiger partial charge in [-0.15, -0.1) is 0 Å². The molecular weight excluding hydrogens is 242 g/mol. The van der Waals surface area contributed by atoms with Gasteiger partial charge in [0.2, 0.25) is 0 Å². The molecule has 1 N–H and O–H groups in total. The molecule has 100 valence electrons. The molecule has 0 radical (unpaired) electrons. The first kappa shape index (κ1) is 12.3. The van der Waals surface area contributed by atoms with Gasteiger partial charge in [-0.1, -0.05) is 29.4 Å². The van der Waals surface area contributed by atoms with Gasteiger partial charge in [-0.05, 0) is 24.0 Å². The van der Waals surface area contributed by atoms with Crippen molar-refractivity contribution in [2.45, 2.75) is 32.0 Å². The Morgan fingerprint density at radius 2 is 2.05 bits per heavy atom. The van der Waals surface area contributed by atoms with Crippen LogP contribution in [0.2, 0.25) is 0 Å². The van der Waals surface area contributed by atoms with Gasteiger partial charge in [-0.3, -0.25) is 0 Å². The summed E-state index contributed by atoms with van der Waals surface area (Å²) in [4.78, 5) is 4.24. The van der Waals surface area contributed by atoms with E-state index in [0.29, 0.717) is 30.9 Å². The third-order valence-corrected chi connectivity index (χ3v) is 3.38. The zero-order chi connectivity index (χ0) is 13.1. The second-order valence-corrected chi connectivity index (χ2v) is 4.79. The van der Waals surface area contributed by atoms with E-state index in [2.05, 4.69) is 39.7 Å². The molecule has 0 spiro atoms. The summed E-state index contributed by atoms with van der Waals surface area (Å²) >= 11 is 0. The summed E-state index contributed by atoms with van der Waals surface area (Å²) in [7, 11) is 1.61. The number of ether oxygens (including phenoxy) is 1. The summed E-state index contributed by atoms with van der Waals surface area (Å²) in [5.41, 5.74) is 2.88. The fourth-order valence-corrected chi connectivity index (χ4v) is 2.48. The molecule has 0 saturated carbocycles. The molecule has 0 unspecified atom stereocenters. The van der Waals surface area contributed by atoms with Crippen LogP contribution in [0.1, 0.15) is 22.8 Å². The largest absolute Gasteiger partial charge is 0.375 e. The van der Waals surface area contributed by atoms with Crippen molar-refractivity contribution in [2.75, 3.05) is 7.11 Å². The number of hydrogen-bond acceptors (Lipinski definition) is 5. The minimum atomic E-state index is 0.363. The van der Waals surface area contributed by atoms with E-state index in [0.717, 1.165) is 12.8 Å². The van der Waals surface area contributed by atoms with Gasteiger partial charge in [-0.25, -0.2) is 0 Å². The van der Waals surface area contributed by atoms with Crippen molar-refractivity contribution >= 4 is 0 Å². The minimum absolute atomic E-state index is 0.363. The van der Waals surface area contributed by atoms with Gasteiger partial charge in [-0.2, -0.15) is 4.98 Å². The van der Waals surface area contributed by atoms with Crippen molar-refractivity contribution in [3.63, 3.8) is 0 Å². The van der Waals surface area contributed by atoms with Gasteiger partial charge >= 0.3 is 0 Å². The molecule has 2 aromatic rings. The van der Waals surface area contributed by atoms with E-state index in [4.69, 9.17) is 9.26 Å². The van der Waals surface area contributed by atoms with Gasteiger partial charge in [0.05, 0.1) is 6.54 Å². The Morgan fingerprint density at radius 1 is 1.32 bits per heavy atom. The van der Waals surface area contributed by atoms with Crippen LogP contribution in [0.15, 0.2) is 28.8 Å². The number of methoxy groups -OCH3 is 1. The summed E-state index contributed by atoms with van der Waals surface area (Å²) in [5, 5.41) is 7.39. The molecule has 3 rings (SSSR count). The maximum atomic E-state index is 5.06. The molecule has 1 heterocycles. The van der Waals surface area contributed by atoms with E-state index in [1.165, 1.54) is 11.1 Å². The van der Waals surface area contributed by atoms with Gasteiger partial charge < -0.3 is 14.6 Å². The number of nitrogens with zero attached hydrogens (tertiary/aromatic N) is 2. The van der Waals surface area contributed by atoms with Crippen molar-refractivity contribution < 1.29 is 9.26 Å². The van der Waals surface area contributed by atoms with Crippen LogP contribution >= 0.6 is 0 Å². The van der Waals surface area contributed by atoms with Crippen LogP contribution in [0.25, 0.3) is 0 Å². The maximum Gasteiger partial charge on any atom is 0.252 e. The minimum Gasteiger partial charge on any atom is -0.375 e. The topological polar surface area (TPSA) is 60.2 Å². The van der Waals surface area contributed by atoms with Crippen LogP contribution in [-0.4, -0.2) is 23.3 Å². The highest BCUT2D eigenvalue weighted by atomic mass is 16.5. The summed E-state index contributed by atoms with van der Waals surface area (Å²) in [6.45, 7) is 0.994. The molecule has 5 heteroatoms. The predicted octanol–water partition coefficient (Wildman–Crippen LogP) is 1.47. The molecule has 0 saturated heterocycles. The van der Waals surface area contributed by atoms with Gasteiger partial charge in [0.25, 0.3) is 5.89 Å². The molecule has 1 aliphatic carbocycles. The lowest BCUT2D eigenvalue weighted by atomic mass is 10.1. The Hall–Kier alpha value is -1.72. The molecule has 1 aromatic carbocycles. The fourth-order valence-electron chi connectivity index (χ4n) is 2.48. The van der Waals surface area contributed by atoms with Crippen LogP contribution in [0.3, 0.4) is 0 Å². The van der Waals surface area contributed by atoms with Gasteiger partial charge in [0.1, 0.15) is 6.61 Å². The van der Waals surface area contributed by atoms with Crippen LogP contribution < -0.4 is 5.32 Å². The molecular formula is C14H17N3O2. The smallest absolute Gasteiger partial charge is 0.252 e. The molecule has 0 bridgehead atoms. The van der Waals surface area contributed by atoms with Crippen LogP contribution in [0.5, 0.6) is 0 Å². The number of benzene rings is 1. The highest BCUT2D eigenvalue weighted by Gasteiger charge is 2.20. The fraction of sp³-hybridized carbons (Fsp3) is 0.429. The Balaban J connectivity index is 1.53. The Kier molecular flexibility index (Phi) is 3.57. The average Bonchev–Trinajstić information content (AvgIpc) is 3.02. The number of nitrogens with one attached hydrogen (secondary N) is 1. The van der Waals surface area contributed by atoms with E-state index in [1.807, 2.05) is 0 Å². The first-order chi connectivity index (χ1) is 9.35. The van der Waals surface area contributed by atoms with Crippen molar-refractivity contribution in [1.82, 2.24) is 15.5 Å². The number of rotatable bonds is 5. The first-order valence-electron chi connectivity index (χ1n) is 6.45. The first-order valence-corrected chi connectivity index (χ1v) is 6.45. The summed E-state index contributed by atoms with van der Waals surface area (Å²) < 4.78 is 10.0. The Morgan fingerprint density at radius 3 is 2.74 bits per heavy atom. The number of hydrogen-bond donors (Lipinski definition) is 1. The maximum absolute atomic E-state index is 5.06. The molecule has 0 fully saturated rings. The van der Waals surface area contributed by atoms with Crippen LogP contribution in [0, 0.1) is 0 Å². The molecule has 1 aromatic heterocycles. The second-order valence-electron chi connectivity index (χ2n) is 4.79. The second kappa shape index (κ2) is 5.50. The standard InChI is InChI=1S/C14H17N3O2/c1-18-9-14-16-13(17-19-14)8-15-12-6-10-4-2-3-5-11(10)7-12/h2-5,12,15H,6-9H2,1H3. The van der Waals surface area contributed by atoms with Crippen molar-refractivity contribution in [3.05, 3.63) is 47.1 Å². The number of aromatic nitrogens is 2. The van der Waals surface area contributed by atoms with E-state index in [9.17, 15) is 0 Å². The lowest BCUT2D eigenvalue weighted by molar-refractivity contribution is 0.151. The van der Waals surface area contributed by atoms with Crippen molar-refractivity contribution in [3.8, 4) is 0 Å². The zero-order valence-corrected chi connectivity index (χ0v) is 10.9. The van der Waals surface area contributed by atoms with E-state index >= 15 is 0 Å². The summed E-state index contributed by atoms with van der Waals surface area (Å²) in [6, 6.07) is 9.04. The monoisotopic (exact) mass is 259 g/mol. The molecule has 19 heavy (non-hydrogen) atoms. The van der Waals surface area contributed by atoms with E-state index < -0.39 is 0 Å². The summed E-state index contributed by atoms with van der Waals surface area (Å²) in [5.74, 6) is 1.21. The highest BCUT2D eigenvalue weighted by Crippen LogP contribution is 2.21. The van der Waals surface area contributed by atoms with Crippen molar-refractivity contribution in [1.29, 1.82) is 0 Å². The van der Waals surface area contributed by atoms with Crippen LogP contribution in [0.4, 0.5) is 0 Å². The third-order valence-electron chi connectivity index (χ3n) is 3.38. The Bertz CT molecular complexity index is 528. The quantitative estimate of drug-likeness (QED) is 0.881. The lowest BCUT2D eigenvalue weighted by Gasteiger charge is -2.09. The normalized spacial score (nSPS) is 14.8. The summed E-state index contributed by atoms with van der Waals surface area (Å²) in [6.07, 6.45) is 2.14. The molecule has 0 aliphatic heterocycles. The molecule has 5 nitrogen and oxygen atoms in total. The van der Waals surface area contributed by atoms with Gasteiger partial charge in [0.15, 0.2) is 5.82 Å².